The first-order valence-corrected chi connectivity index (χ1v) is 6.63. The number of hydrogen-bond donors (Lipinski definition) is 2. The van der Waals surface area contributed by atoms with Crippen LogP contribution in [0.25, 0.3) is 11.0 Å². The van der Waals surface area contributed by atoms with Crippen LogP contribution in [0.2, 0.25) is 0 Å². The summed E-state index contributed by atoms with van der Waals surface area (Å²) in [5, 5.41) is 13.7. The summed E-state index contributed by atoms with van der Waals surface area (Å²) in [5.74, 6) is 1.66. The van der Waals surface area contributed by atoms with E-state index in [1.807, 2.05) is 24.3 Å². The SMILES string of the molecule is COc1cccc2cc(CNCC3(CO)CC3)oc12. The third-order valence-corrected chi connectivity index (χ3v) is 3.87. The van der Waals surface area contributed by atoms with Crippen LogP contribution in [-0.4, -0.2) is 25.4 Å². The van der Waals surface area contributed by atoms with E-state index < -0.39 is 0 Å². The second-order valence-corrected chi connectivity index (χ2v) is 5.35. The molecule has 4 nitrogen and oxygen atoms in total. The van der Waals surface area contributed by atoms with Gasteiger partial charge in [-0.3, -0.25) is 0 Å². The molecule has 19 heavy (non-hydrogen) atoms. The van der Waals surface area contributed by atoms with Crippen molar-refractivity contribution in [2.24, 2.45) is 5.41 Å². The average molecular weight is 261 g/mol. The molecule has 102 valence electrons. The minimum absolute atomic E-state index is 0.129. The van der Waals surface area contributed by atoms with Crippen LogP contribution in [0.1, 0.15) is 18.6 Å². The molecule has 1 heterocycles. The zero-order valence-corrected chi connectivity index (χ0v) is 11.1. The molecule has 1 aliphatic rings. The van der Waals surface area contributed by atoms with Crippen LogP contribution in [0.3, 0.4) is 0 Å². The lowest BCUT2D eigenvalue weighted by molar-refractivity contribution is 0.207. The Balaban J connectivity index is 1.68. The van der Waals surface area contributed by atoms with E-state index in [1.54, 1.807) is 7.11 Å². The molecule has 0 radical (unpaired) electrons. The molecule has 2 N–H and O–H groups in total. The lowest BCUT2D eigenvalue weighted by atomic mass is 10.1. The van der Waals surface area contributed by atoms with Gasteiger partial charge >= 0.3 is 0 Å². The molecule has 0 saturated heterocycles. The van der Waals surface area contributed by atoms with Crippen molar-refractivity contribution in [3.8, 4) is 5.75 Å². The van der Waals surface area contributed by atoms with Gasteiger partial charge in [0.1, 0.15) is 5.76 Å². The highest BCUT2D eigenvalue weighted by molar-refractivity contribution is 5.83. The lowest BCUT2D eigenvalue weighted by Gasteiger charge is -2.11. The molecule has 1 aromatic carbocycles. The quantitative estimate of drug-likeness (QED) is 0.837. The average Bonchev–Trinajstić information content (AvgIpc) is 3.09. The van der Waals surface area contributed by atoms with Crippen molar-refractivity contribution >= 4 is 11.0 Å². The third-order valence-electron chi connectivity index (χ3n) is 3.87. The number of benzene rings is 1. The van der Waals surface area contributed by atoms with Crippen LogP contribution in [0.4, 0.5) is 0 Å². The van der Waals surface area contributed by atoms with E-state index in [1.165, 1.54) is 0 Å². The molecule has 0 spiro atoms. The number of furan rings is 1. The Morgan fingerprint density at radius 1 is 1.42 bits per heavy atom. The fourth-order valence-corrected chi connectivity index (χ4v) is 2.36. The first-order valence-electron chi connectivity index (χ1n) is 6.63. The largest absolute Gasteiger partial charge is 0.493 e. The molecule has 0 amide bonds. The predicted octanol–water partition coefficient (Wildman–Crippen LogP) is 2.30. The van der Waals surface area contributed by atoms with Crippen LogP contribution < -0.4 is 10.1 Å². The fraction of sp³-hybridized carbons (Fsp3) is 0.467. The first kappa shape index (κ1) is 12.5. The third kappa shape index (κ3) is 2.46. The summed E-state index contributed by atoms with van der Waals surface area (Å²) in [6, 6.07) is 7.90. The lowest BCUT2D eigenvalue weighted by Crippen LogP contribution is -2.25. The van der Waals surface area contributed by atoms with Crippen molar-refractivity contribution in [1.29, 1.82) is 0 Å². The summed E-state index contributed by atoms with van der Waals surface area (Å²) in [6.45, 7) is 1.80. The summed E-state index contributed by atoms with van der Waals surface area (Å²) >= 11 is 0. The van der Waals surface area contributed by atoms with E-state index >= 15 is 0 Å². The van der Waals surface area contributed by atoms with Gasteiger partial charge in [-0.05, 0) is 25.0 Å². The summed E-state index contributed by atoms with van der Waals surface area (Å²) in [5.41, 5.74) is 0.925. The molecule has 0 atom stereocenters. The number of para-hydroxylation sites is 1. The van der Waals surface area contributed by atoms with Gasteiger partial charge in [-0.2, -0.15) is 0 Å². The van der Waals surface area contributed by atoms with Gasteiger partial charge < -0.3 is 19.6 Å². The highest BCUT2D eigenvalue weighted by Crippen LogP contribution is 2.44. The molecule has 0 bridgehead atoms. The van der Waals surface area contributed by atoms with E-state index in [9.17, 15) is 5.11 Å². The fourth-order valence-electron chi connectivity index (χ4n) is 2.36. The molecule has 1 aromatic heterocycles. The van der Waals surface area contributed by atoms with Crippen LogP contribution >= 0.6 is 0 Å². The Hall–Kier alpha value is -1.52. The monoisotopic (exact) mass is 261 g/mol. The zero-order valence-electron chi connectivity index (χ0n) is 11.1. The Morgan fingerprint density at radius 3 is 2.95 bits per heavy atom. The Labute approximate surface area is 112 Å². The molecular formula is C15H19NO3. The topological polar surface area (TPSA) is 54.6 Å². The molecule has 2 aromatic rings. The van der Waals surface area contributed by atoms with Gasteiger partial charge in [0.25, 0.3) is 0 Å². The number of aliphatic hydroxyl groups excluding tert-OH is 1. The summed E-state index contributed by atoms with van der Waals surface area (Å²) in [4.78, 5) is 0. The number of methoxy groups -OCH3 is 1. The van der Waals surface area contributed by atoms with Crippen molar-refractivity contribution in [3.63, 3.8) is 0 Å². The summed E-state index contributed by atoms with van der Waals surface area (Å²) < 4.78 is 11.1. The molecule has 1 aliphatic carbocycles. The molecule has 4 heteroatoms. The van der Waals surface area contributed by atoms with Crippen molar-refractivity contribution in [2.45, 2.75) is 19.4 Å². The Bertz CT molecular complexity index is 572. The minimum atomic E-state index is 0.129. The van der Waals surface area contributed by atoms with Gasteiger partial charge in [0, 0.05) is 24.0 Å². The molecular weight excluding hydrogens is 242 g/mol. The van der Waals surface area contributed by atoms with Gasteiger partial charge in [-0.25, -0.2) is 0 Å². The van der Waals surface area contributed by atoms with E-state index in [0.717, 1.165) is 41.9 Å². The van der Waals surface area contributed by atoms with Crippen LogP contribution in [0, 0.1) is 5.41 Å². The van der Waals surface area contributed by atoms with Gasteiger partial charge in [0.15, 0.2) is 11.3 Å². The molecule has 1 saturated carbocycles. The molecule has 0 unspecified atom stereocenters. The number of nitrogens with one attached hydrogen (secondary N) is 1. The number of rotatable bonds is 6. The normalized spacial score (nSPS) is 16.7. The summed E-state index contributed by atoms with van der Waals surface area (Å²) in [6.07, 6.45) is 2.23. The van der Waals surface area contributed by atoms with E-state index in [4.69, 9.17) is 9.15 Å². The maximum absolute atomic E-state index is 9.26. The second-order valence-electron chi connectivity index (χ2n) is 5.35. The predicted molar refractivity (Wildman–Crippen MR) is 73.2 cm³/mol. The summed E-state index contributed by atoms with van der Waals surface area (Å²) in [7, 11) is 1.65. The maximum atomic E-state index is 9.26. The Kier molecular flexibility index (Phi) is 3.21. The van der Waals surface area contributed by atoms with Crippen LogP contribution in [0.15, 0.2) is 28.7 Å². The second kappa shape index (κ2) is 4.87. The zero-order chi connectivity index (χ0) is 13.3. The standard InChI is InChI=1S/C15H19NO3/c1-18-13-4-2-3-11-7-12(19-14(11)13)8-16-9-15(10-17)5-6-15/h2-4,7,16-17H,5-6,8-10H2,1H3. The number of hydrogen-bond acceptors (Lipinski definition) is 4. The van der Waals surface area contributed by atoms with Crippen LogP contribution in [-0.2, 0) is 6.54 Å². The maximum Gasteiger partial charge on any atom is 0.176 e. The van der Waals surface area contributed by atoms with Gasteiger partial charge in [-0.1, -0.05) is 12.1 Å². The molecule has 1 fully saturated rings. The van der Waals surface area contributed by atoms with Crippen LogP contribution in [0.5, 0.6) is 5.75 Å². The van der Waals surface area contributed by atoms with Crippen molar-refractivity contribution in [2.75, 3.05) is 20.3 Å². The van der Waals surface area contributed by atoms with Crippen molar-refractivity contribution in [3.05, 3.63) is 30.0 Å². The minimum Gasteiger partial charge on any atom is -0.493 e. The number of fused-ring (bicyclic) bond motifs is 1. The highest BCUT2D eigenvalue weighted by Gasteiger charge is 2.41. The highest BCUT2D eigenvalue weighted by atomic mass is 16.5. The van der Waals surface area contributed by atoms with Crippen molar-refractivity contribution in [1.82, 2.24) is 5.32 Å². The van der Waals surface area contributed by atoms with Gasteiger partial charge in [0.2, 0.25) is 0 Å². The van der Waals surface area contributed by atoms with Gasteiger partial charge in [0.05, 0.1) is 13.7 Å². The molecule has 0 aliphatic heterocycles. The van der Waals surface area contributed by atoms with E-state index in [0.29, 0.717) is 6.54 Å². The number of aliphatic hydroxyl groups is 1. The van der Waals surface area contributed by atoms with E-state index in [-0.39, 0.29) is 12.0 Å². The Morgan fingerprint density at radius 2 is 2.26 bits per heavy atom. The van der Waals surface area contributed by atoms with Crippen molar-refractivity contribution < 1.29 is 14.3 Å². The van der Waals surface area contributed by atoms with Gasteiger partial charge in [-0.15, -0.1) is 0 Å². The first-order chi connectivity index (χ1) is 9.26. The smallest absolute Gasteiger partial charge is 0.176 e. The van der Waals surface area contributed by atoms with E-state index in [2.05, 4.69) is 5.32 Å². The molecule has 3 rings (SSSR count). The number of ether oxygens (including phenoxy) is 1.